The molecule has 1 aromatic rings. The zero-order chi connectivity index (χ0) is 34.7. The Morgan fingerprint density at radius 1 is 1.21 bits per heavy atom. The molecule has 4 amide bonds. The standard InChI is InChI=1S/C32H46ClN7O7/c1-32(2,3)28(39-27(43)10-7-22(34)14-36-17-47-18-41)31(46)40-16-19(11-24(35)20-5-4-6-21(33)13-20)12-25(40)29(44)37-15-26(42)30(45)38-23-8-9-23/h4-6,13-14,18-19,23,25-26,28,35-36,42H,7-12,15-17,34H2,1-3H3,(H,37,44)(H,38,45)(H,39,43)/b22-14-,35-24?. The SMILES string of the molecule is CC(C)(C)C(NC(=O)CC/C(N)=C/NCOC=O)C(=O)N1CC(CC(=N)c2cccc(Cl)c2)CC1C(=O)NCC(O)C(=O)NC1CC1. The van der Waals surface area contributed by atoms with Crippen molar-refractivity contribution in [3.8, 4) is 0 Å². The Morgan fingerprint density at radius 3 is 2.57 bits per heavy atom. The predicted molar refractivity (Wildman–Crippen MR) is 175 cm³/mol. The quantitative estimate of drug-likeness (QED) is 0.0540. The molecule has 15 heteroatoms. The van der Waals surface area contributed by atoms with E-state index < -0.39 is 47.2 Å². The lowest BCUT2D eigenvalue weighted by Crippen LogP contribution is -2.58. The monoisotopic (exact) mass is 675 g/mol. The topological polar surface area (TPSA) is 216 Å². The number of nitrogens with one attached hydrogen (secondary N) is 5. The third kappa shape index (κ3) is 11.9. The van der Waals surface area contributed by atoms with Crippen molar-refractivity contribution in [3.63, 3.8) is 0 Å². The number of aliphatic hydroxyl groups excluding tert-OH is 1. The number of carbonyl (C=O) groups excluding carboxylic acids is 5. The first-order valence-corrected chi connectivity index (χ1v) is 16.0. The number of carbonyl (C=O) groups is 5. The number of benzene rings is 1. The second kappa shape index (κ2) is 17.1. The highest BCUT2D eigenvalue weighted by Crippen LogP contribution is 2.31. The second-order valence-electron chi connectivity index (χ2n) is 13.0. The molecule has 14 nitrogen and oxygen atoms in total. The van der Waals surface area contributed by atoms with E-state index in [1.807, 2.05) is 0 Å². The Morgan fingerprint density at radius 2 is 1.94 bits per heavy atom. The number of ether oxygens (including phenoxy) is 1. The Labute approximate surface area is 279 Å². The molecule has 8 N–H and O–H groups in total. The van der Waals surface area contributed by atoms with Gasteiger partial charge >= 0.3 is 0 Å². The van der Waals surface area contributed by atoms with Crippen LogP contribution in [0.4, 0.5) is 0 Å². The minimum Gasteiger partial charge on any atom is -0.447 e. The molecule has 0 aromatic heterocycles. The fourth-order valence-electron chi connectivity index (χ4n) is 5.21. The van der Waals surface area contributed by atoms with Gasteiger partial charge in [0, 0.05) is 41.6 Å². The van der Waals surface area contributed by atoms with Gasteiger partial charge in [0.05, 0.1) is 6.54 Å². The zero-order valence-corrected chi connectivity index (χ0v) is 27.8. The summed E-state index contributed by atoms with van der Waals surface area (Å²) in [6, 6.07) is 4.99. The van der Waals surface area contributed by atoms with Gasteiger partial charge in [0.15, 0.2) is 6.73 Å². The van der Waals surface area contributed by atoms with Gasteiger partial charge in [0.2, 0.25) is 17.7 Å². The summed E-state index contributed by atoms with van der Waals surface area (Å²) in [4.78, 5) is 64.6. The van der Waals surface area contributed by atoms with Gasteiger partial charge in [0.25, 0.3) is 12.4 Å². The number of aliphatic hydroxyl groups is 1. The average Bonchev–Trinajstić information content (AvgIpc) is 3.74. The maximum atomic E-state index is 14.2. The van der Waals surface area contributed by atoms with Crippen LogP contribution in [0.25, 0.3) is 0 Å². The summed E-state index contributed by atoms with van der Waals surface area (Å²) in [5.41, 5.74) is 6.45. The summed E-state index contributed by atoms with van der Waals surface area (Å²) in [5.74, 6) is -2.28. The molecule has 47 heavy (non-hydrogen) atoms. The third-order valence-corrected chi connectivity index (χ3v) is 8.15. The van der Waals surface area contributed by atoms with Crippen molar-refractivity contribution in [1.82, 2.24) is 26.2 Å². The number of hydrogen-bond donors (Lipinski definition) is 7. The molecule has 4 unspecified atom stereocenters. The van der Waals surface area contributed by atoms with Crippen molar-refractivity contribution < 1.29 is 33.8 Å². The average molecular weight is 676 g/mol. The van der Waals surface area contributed by atoms with E-state index in [2.05, 4.69) is 26.0 Å². The molecule has 0 spiro atoms. The fraction of sp³-hybridized carbons (Fsp3) is 0.562. The predicted octanol–water partition coefficient (Wildman–Crippen LogP) is 0.902. The number of likely N-dealkylation sites (tertiary alicyclic amines) is 1. The van der Waals surface area contributed by atoms with E-state index in [1.165, 1.54) is 11.1 Å². The Hall–Kier alpha value is -4.17. The Bertz CT molecular complexity index is 1350. The van der Waals surface area contributed by atoms with Crippen LogP contribution in [0.1, 0.15) is 64.9 Å². The van der Waals surface area contributed by atoms with Crippen molar-refractivity contribution in [1.29, 1.82) is 5.41 Å². The first-order chi connectivity index (χ1) is 22.2. The van der Waals surface area contributed by atoms with Crippen LogP contribution in [-0.4, -0.2) is 89.9 Å². The van der Waals surface area contributed by atoms with Crippen molar-refractivity contribution in [2.45, 2.75) is 83.5 Å². The van der Waals surface area contributed by atoms with Crippen LogP contribution in [0.15, 0.2) is 36.2 Å². The van der Waals surface area contributed by atoms with E-state index in [1.54, 1.807) is 45.0 Å². The van der Waals surface area contributed by atoms with E-state index in [4.69, 9.17) is 22.7 Å². The molecule has 1 aliphatic heterocycles. The van der Waals surface area contributed by atoms with Crippen molar-refractivity contribution >= 4 is 47.4 Å². The summed E-state index contributed by atoms with van der Waals surface area (Å²) in [7, 11) is 0. The van der Waals surface area contributed by atoms with Gasteiger partial charge in [0.1, 0.15) is 18.2 Å². The lowest BCUT2D eigenvalue weighted by molar-refractivity contribution is -0.144. The molecule has 1 saturated carbocycles. The second-order valence-corrected chi connectivity index (χ2v) is 13.5. The van der Waals surface area contributed by atoms with Crippen LogP contribution < -0.4 is 27.0 Å². The van der Waals surface area contributed by atoms with Crippen LogP contribution in [-0.2, 0) is 28.7 Å². The van der Waals surface area contributed by atoms with E-state index in [-0.39, 0.29) is 63.9 Å². The number of amides is 4. The molecule has 258 valence electrons. The van der Waals surface area contributed by atoms with Crippen LogP contribution in [0.3, 0.4) is 0 Å². The van der Waals surface area contributed by atoms with Gasteiger partial charge in [-0.15, -0.1) is 0 Å². The van der Waals surface area contributed by atoms with Gasteiger partial charge < -0.3 is 47.2 Å². The number of rotatable bonds is 17. The minimum absolute atomic E-state index is 0.0252. The van der Waals surface area contributed by atoms with Crippen molar-refractivity contribution in [2.24, 2.45) is 17.1 Å². The summed E-state index contributed by atoms with van der Waals surface area (Å²) in [5, 5.41) is 30.3. The lowest BCUT2D eigenvalue weighted by Gasteiger charge is -2.35. The van der Waals surface area contributed by atoms with Crippen LogP contribution in [0.5, 0.6) is 0 Å². The van der Waals surface area contributed by atoms with Crippen LogP contribution in [0, 0.1) is 16.7 Å². The van der Waals surface area contributed by atoms with E-state index in [9.17, 15) is 29.1 Å². The largest absolute Gasteiger partial charge is 0.447 e. The summed E-state index contributed by atoms with van der Waals surface area (Å²) in [6.07, 6.45) is 2.31. The first-order valence-electron chi connectivity index (χ1n) is 15.6. The van der Waals surface area contributed by atoms with Gasteiger partial charge in [-0.1, -0.05) is 44.5 Å². The Kier molecular flexibility index (Phi) is 13.6. The van der Waals surface area contributed by atoms with Crippen LogP contribution in [0.2, 0.25) is 5.02 Å². The Balaban J connectivity index is 1.73. The summed E-state index contributed by atoms with van der Waals surface area (Å²) < 4.78 is 4.52. The maximum Gasteiger partial charge on any atom is 0.294 e. The number of halogens is 1. The van der Waals surface area contributed by atoms with Gasteiger partial charge in [-0.05, 0) is 61.1 Å². The molecule has 0 radical (unpaired) electrons. The maximum absolute atomic E-state index is 14.2. The number of nitrogens with two attached hydrogens (primary N) is 1. The summed E-state index contributed by atoms with van der Waals surface area (Å²) >= 11 is 6.13. The highest BCUT2D eigenvalue weighted by Gasteiger charge is 2.45. The molecule has 0 bridgehead atoms. The lowest BCUT2D eigenvalue weighted by atomic mass is 9.85. The molecular formula is C32H46ClN7O7. The normalized spacial score (nSPS) is 19.3. The fourth-order valence-corrected chi connectivity index (χ4v) is 5.40. The zero-order valence-electron chi connectivity index (χ0n) is 27.0. The molecule has 3 rings (SSSR count). The highest BCUT2D eigenvalue weighted by molar-refractivity contribution is 6.31. The molecular weight excluding hydrogens is 630 g/mol. The number of allylic oxidation sites excluding steroid dienone is 1. The van der Waals surface area contributed by atoms with Gasteiger partial charge in [-0.25, -0.2) is 0 Å². The number of nitrogens with zero attached hydrogens (tertiary/aromatic N) is 1. The molecule has 4 atom stereocenters. The van der Waals surface area contributed by atoms with Crippen molar-refractivity contribution in [3.05, 3.63) is 46.7 Å². The molecule has 1 aliphatic carbocycles. The number of hydrogen-bond acceptors (Lipinski definition) is 10. The smallest absolute Gasteiger partial charge is 0.294 e. The van der Waals surface area contributed by atoms with E-state index in [0.717, 1.165) is 12.8 Å². The third-order valence-electron chi connectivity index (χ3n) is 7.92. The molecule has 1 saturated heterocycles. The van der Waals surface area contributed by atoms with E-state index >= 15 is 0 Å². The molecule has 2 aliphatic rings. The van der Waals surface area contributed by atoms with Gasteiger partial charge in [-0.3, -0.25) is 24.0 Å². The van der Waals surface area contributed by atoms with Crippen LogP contribution >= 0.6 is 11.6 Å². The first kappa shape index (κ1) is 37.3. The minimum atomic E-state index is -1.45. The molecule has 2 fully saturated rings. The summed E-state index contributed by atoms with van der Waals surface area (Å²) in [6.45, 7) is 5.43. The van der Waals surface area contributed by atoms with Gasteiger partial charge in [-0.2, -0.15) is 0 Å². The van der Waals surface area contributed by atoms with E-state index in [0.29, 0.717) is 22.0 Å². The molecule has 1 heterocycles. The molecule has 1 aromatic carbocycles. The highest BCUT2D eigenvalue weighted by atomic mass is 35.5. The van der Waals surface area contributed by atoms with Crippen molar-refractivity contribution in [2.75, 3.05) is 19.8 Å².